The molecule has 1 aliphatic rings. The predicted octanol–water partition coefficient (Wildman–Crippen LogP) is 1.23. The van der Waals surface area contributed by atoms with Crippen molar-refractivity contribution in [2.45, 2.75) is 4.57 Å². The van der Waals surface area contributed by atoms with Gasteiger partial charge in [0.25, 0.3) is 0 Å². The summed E-state index contributed by atoms with van der Waals surface area (Å²) in [5.41, 5.74) is 5.56. The first-order valence-electron chi connectivity index (χ1n) is 2.40. The highest BCUT2D eigenvalue weighted by Gasteiger charge is 2.16. The fourth-order valence-electron chi connectivity index (χ4n) is 0.477. The minimum absolute atomic E-state index is 0.620. The van der Waals surface area contributed by atoms with Crippen molar-refractivity contribution in [2.24, 2.45) is 5.73 Å². The Balaban J connectivity index is 2.70. The molecule has 2 nitrogen and oxygen atoms in total. The summed E-state index contributed by atoms with van der Waals surface area (Å²) in [5, 5.41) is 3.47. The Morgan fingerprint density at radius 1 is 1.78 bits per heavy atom. The van der Waals surface area contributed by atoms with E-state index in [2.05, 4.69) is 21.2 Å². The Morgan fingerprint density at radius 3 is 2.78 bits per heavy atom. The topological polar surface area (TPSA) is 38.0 Å². The second kappa shape index (κ2) is 2.33. The highest BCUT2D eigenvalue weighted by molar-refractivity contribution is 9.10. The van der Waals surface area contributed by atoms with E-state index < -0.39 is 4.57 Å². The number of nitrogens with one attached hydrogen (secondary N) is 1. The van der Waals surface area contributed by atoms with Crippen molar-refractivity contribution in [1.29, 1.82) is 0 Å². The van der Waals surface area contributed by atoms with Gasteiger partial charge in [-0.05, 0) is 28.1 Å². The number of rotatable bonds is 0. The van der Waals surface area contributed by atoms with E-state index >= 15 is 0 Å². The predicted molar refractivity (Wildman–Crippen MR) is 42.1 cm³/mol. The van der Waals surface area contributed by atoms with Gasteiger partial charge in [0.15, 0.2) is 4.57 Å². The fourth-order valence-corrected chi connectivity index (χ4v) is 0.841. The van der Waals surface area contributed by atoms with Gasteiger partial charge in [0.2, 0.25) is 0 Å². The molecule has 0 fully saturated rings. The third kappa shape index (κ3) is 2.01. The summed E-state index contributed by atoms with van der Waals surface area (Å²) in [6, 6.07) is 0. The SMILES string of the molecule is NC1(Br)C=CC(Cl)=CN1. The van der Waals surface area contributed by atoms with E-state index in [1.807, 2.05) is 0 Å². The Bertz CT molecular complexity index is 174. The zero-order chi connectivity index (χ0) is 6.91. The average molecular weight is 209 g/mol. The van der Waals surface area contributed by atoms with E-state index in [-0.39, 0.29) is 0 Å². The summed E-state index contributed by atoms with van der Waals surface area (Å²) in [7, 11) is 0. The van der Waals surface area contributed by atoms with Gasteiger partial charge in [0, 0.05) is 6.20 Å². The van der Waals surface area contributed by atoms with Gasteiger partial charge in [-0.2, -0.15) is 0 Å². The molecule has 0 radical (unpaired) electrons. The Kier molecular flexibility index (Phi) is 1.84. The summed E-state index contributed by atoms with van der Waals surface area (Å²) in [6.07, 6.45) is 5.10. The Labute approximate surface area is 66.9 Å². The lowest BCUT2D eigenvalue weighted by molar-refractivity contribution is 0.680. The molecular formula is C5H6BrClN2. The number of nitrogens with two attached hydrogens (primary N) is 1. The maximum atomic E-state index is 5.58. The monoisotopic (exact) mass is 208 g/mol. The van der Waals surface area contributed by atoms with Crippen molar-refractivity contribution in [2.75, 3.05) is 0 Å². The molecular weight excluding hydrogens is 203 g/mol. The van der Waals surface area contributed by atoms with Crippen LogP contribution in [0.4, 0.5) is 0 Å². The van der Waals surface area contributed by atoms with E-state index in [1.54, 1.807) is 18.4 Å². The van der Waals surface area contributed by atoms with E-state index in [0.29, 0.717) is 5.03 Å². The van der Waals surface area contributed by atoms with Crippen LogP contribution in [0.25, 0.3) is 0 Å². The molecule has 1 unspecified atom stereocenters. The zero-order valence-corrected chi connectivity index (χ0v) is 6.91. The number of hydrogen-bond acceptors (Lipinski definition) is 2. The van der Waals surface area contributed by atoms with Gasteiger partial charge in [-0.1, -0.05) is 11.6 Å². The summed E-state index contributed by atoms with van der Waals surface area (Å²) >= 11 is 8.78. The second-order valence-corrected chi connectivity index (χ2v) is 3.52. The maximum Gasteiger partial charge on any atom is 0.162 e. The molecule has 0 aromatic rings. The van der Waals surface area contributed by atoms with Crippen LogP contribution in [0.1, 0.15) is 0 Å². The third-order valence-corrected chi connectivity index (χ3v) is 1.64. The number of alkyl halides is 1. The van der Waals surface area contributed by atoms with E-state index in [1.165, 1.54) is 0 Å². The average Bonchev–Trinajstić information content (AvgIpc) is 1.78. The lowest BCUT2D eigenvalue weighted by atomic mass is 10.3. The molecule has 1 rings (SSSR count). The van der Waals surface area contributed by atoms with Crippen LogP contribution >= 0.6 is 27.5 Å². The summed E-state index contributed by atoms with van der Waals surface area (Å²) in [4.78, 5) is 0. The summed E-state index contributed by atoms with van der Waals surface area (Å²) in [6.45, 7) is 0. The fraction of sp³-hybridized carbons (Fsp3) is 0.200. The quantitative estimate of drug-likeness (QED) is 0.465. The molecule has 0 aliphatic carbocycles. The standard InChI is InChI=1S/C5H6BrClN2/c6-5(8)2-1-4(7)3-9-5/h1-3,9H,8H2. The molecule has 50 valence electrons. The maximum absolute atomic E-state index is 5.58. The summed E-state index contributed by atoms with van der Waals surface area (Å²) in [5.74, 6) is 0. The van der Waals surface area contributed by atoms with Crippen LogP contribution in [0.5, 0.6) is 0 Å². The van der Waals surface area contributed by atoms with Crippen molar-refractivity contribution in [3.05, 3.63) is 23.4 Å². The Morgan fingerprint density at radius 2 is 2.44 bits per heavy atom. The molecule has 4 heteroatoms. The van der Waals surface area contributed by atoms with Gasteiger partial charge >= 0.3 is 0 Å². The largest absolute Gasteiger partial charge is 0.360 e. The minimum atomic E-state index is -0.620. The Hall–Kier alpha value is 0.01000. The molecule has 0 amide bonds. The van der Waals surface area contributed by atoms with Crippen LogP contribution in [0.15, 0.2) is 23.4 Å². The second-order valence-electron chi connectivity index (χ2n) is 1.77. The smallest absolute Gasteiger partial charge is 0.162 e. The van der Waals surface area contributed by atoms with Gasteiger partial charge in [-0.15, -0.1) is 0 Å². The van der Waals surface area contributed by atoms with Crippen molar-refractivity contribution in [1.82, 2.24) is 5.32 Å². The molecule has 1 heterocycles. The van der Waals surface area contributed by atoms with Crippen LogP contribution < -0.4 is 11.1 Å². The molecule has 1 aliphatic heterocycles. The van der Waals surface area contributed by atoms with Crippen molar-refractivity contribution in [3.63, 3.8) is 0 Å². The van der Waals surface area contributed by atoms with Crippen LogP contribution in [0.2, 0.25) is 0 Å². The van der Waals surface area contributed by atoms with Gasteiger partial charge in [0.1, 0.15) is 0 Å². The van der Waals surface area contributed by atoms with Gasteiger partial charge in [-0.3, -0.25) is 5.73 Å². The van der Waals surface area contributed by atoms with E-state index in [9.17, 15) is 0 Å². The lowest BCUT2D eigenvalue weighted by Crippen LogP contribution is -2.44. The highest BCUT2D eigenvalue weighted by Crippen LogP contribution is 2.16. The molecule has 0 spiro atoms. The first-order valence-corrected chi connectivity index (χ1v) is 3.58. The van der Waals surface area contributed by atoms with Crippen LogP contribution in [-0.4, -0.2) is 4.57 Å². The van der Waals surface area contributed by atoms with Gasteiger partial charge in [-0.25, -0.2) is 0 Å². The first-order chi connectivity index (χ1) is 4.10. The van der Waals surface area contributed by atoms with E-state index in [4.69, 9.17) is 17.3 Å². The molecule has 0 saturated carbocycles. The molecule has 0 aromatic carbocycles. The molecule has 3 N–H and O–H groups in total. The summed E-state index contributed by atoms with van der Waals surface area (Å²) < 4.78 is -0.620. The van der Waals surface area contributed by atoms with Crippen molar-refractivity contribution in [3.8, 4) is 0 Å². The first kappa shape index (κ1) is 7.12. The van der Waals surface area contributed by atoms with Crippen molar-refractivity contribution >= 4 is 27.5 Å². The van der Waals surface area contributed by atoms with E-state index in [0.717, 1.165) is 0 Å². The van der Waals surface area contributed by atoms with Crippen LogP contribution in [0, 0.1) is 0 Å². The molecule has 0 bridgehead atoms. The van der Waals surface area contributed by atoms with Gasteiger partial charge < -0.3 is 5.32 Å². The van der Waals surface area contributed by atoms with Crippen LogP contribution in [-0.2, 0) is 0 Å². The minimum Gasteiger partial charge on any atom is -0.360 e. The van der Waals surface area contributed by atoms with Crippen LogP contribution in [0.3, 0.4) is 0 Å². The number of hydrogen-bond donors (Lipinski definition) is 2. The molecule has 0 saturated heterocycles. The molecule has 0 aromatic heterocycles. The van der Waals surface area contributed by atoms with Gasteiger partial charge in [0.05, 0.1) is 5.03 Å². The van der Waals surface area contributed by atoms with Crippen molar-refractivity contribution < 1.29 is 0 Å². The highest BCUT2D eigenvalue weighted by atomic mass is 79.9. The number of dihydropyridines is 1. The molecule has 9 heavy (non-hydrogen) atoms. The number of allylic oxidation sites excluding steroid dienone is 2. The normalized spacial score (nSPS) is 33.4. The zero-order valence-electron chi connectivity index (χ0n) is 4.57. The lowest BCUT2D eigenvalue weighted by Gasteiger charge is -2.21. The third-order valence-electron chi connectivity index (χ3n) is 0.916. The number of halogens is 2. The molecule has 1 atom stereocenters.